The van der Waals surface area contributed by atoms with Gasteiger partial charge in [0.1, 0.15) is 5.82 Å². The lowest BCUT2D eigenvalue weighted by Gasteiger charge is -2.15. The molecule has 0 aromatic heterocycles. The van der Waals surface area contributed by atoms with Gasteiger partial charge in [0.05, 0.1) is 0 Å². The summed E-state index contributed by atoms with van der Waals surface area (Å²) in [4.78, 5) is 0. The third-order valence-corrected chi connectivity index (χ3v) is 2.82. The maximum absolute atomic E-state index is 13.3. The Kier molecular flexibility index (Phi) is 3.90. The Morgan fingerprint density at radius 3 is 2.64 bits per heavy atom. The zero-order chi connectivity index (χ0) is 10.7. The molecule has 0 saturated carbocycles. The fourth-order valence-corrected chi connectivity index (χ4v) is 1.86. The molecule has 0 radical (unpaired) electrons. The number of aryl methyl sites for hydroxylation is 1. The molecule has 0 aliphatic rings. The summed E-state index contributed by atoms with van der Waals surface area (Å²) >= 11 is 6.03. The smallest absolute Gasteiger partial charge is 0.126 e. The van der Waals surface area contributed by atoms with Gasteiger partial charge < -0.3 is 5.73 Å². The van der Waals surface area contributed by atoms with Gasteiger partial charge in [0.25, 0.3) is 0 Å². The van der Waals surface area contributed by atoms with E-state index in [0.29, 0.717) is 17.1 Å². The van der Waals surface area contributed by atoms with Crippen LogP contribution in [0.1, 0.15) is 30.4 Å². The lowest BCUT2D eigenvalue weighted by atomic mass is 9.95. The Morgan fingerprint density at radius 2 is 2.14 bits per heavy atom. The highest BCUT2D eigenvalue weighted by atomic mass is 35.5. The zero-order valence-electron chi connectivity index (χ0n) is 8.48. The molecule has 0 aliphatic heterocycles. The quantitative estimate of drug-likeness (QED) is 0.823. The highest BCUT2D eigenvalue weighted by molar-refractivity contribution is 6.31. The van der Waals surface area contributed by atoms with Gasteiger partial charge >= 0.3 is 0 Å². The molecule has 0 heterocycles. The molecule has 2 N–H and O–H groups in total. The largest absolute Gasteiger partial charge is 0.330 e. The molecule has 78 valence electrons. The van der Waals surface area contributed by atoms with E-state index in [1.54, 1.807) is 13.0 Å². The van der Waals surface area contributed by atoms with Crippen molar-refractivity contribution in [3.05, 3.63) is 34.1 Å². The minimum atomic E-state index is -0.212. The normalized spacial score (nSPS) is 12.9. The summed E-state index contributed by atoms with van der Waals surface area (Å²) in [7, 11) is 0. The second kappa shape index (κ2) is 4.76. The summed E-state index contributed by atoms with van der Waals surface area (Å²) in [5.41, 5.74) is 6.99. The minimum absolute atomic E-state index is 0.151. The first-order valence-corrected chi connectivity index (χ1v) is 5.13. The standard InChI is InChI=1S/C11H15ClFN/c1-3-8(6-14)9-5-11(13)7(2)4-10(9)12/h4-5,8H,3,6,14H2,1-2H3. The summed E-state index contributed by atoms with van der Waals surface area (Å²) in [6, 6.07) is 3.16. The third kappa shape index (κ3) is 2.25. The molecule has 0 aliphatic carbocycles. The molecule has 14 heavy (non-hydrogen) atoms. The van der Waals surface area contributed by atoms with Crippen molar-refractivity contribution in [3.8, 4) is 0 Å². The van der Waals surface area contributed by atoms with Crippen molar-refractivity contribution < 1.29 is 4.39 Å². The van der Waals surface area contributed by atoms with Crippen molar-refractivity contribution in [2.24, 2.45) is 5.73 Å². The van der Waals surface area contributed by atoms with Crippen molar-refractivity contribution >= 4 is 11.6 Å². The SMILES string of the molecule is CCC(CN)c1cc(F)c(C)cc1Cl. The number of hydrogen-bond donors (Lipinski definition) is 1. The third-order valence-electron chi connectivity index (χ3n) is 2.50. The van der Waals surface area contributed by atoms with E-state index in [1.807, 2.05) is 6.92 Å². The van der Waals surface area contributed by atoms with Crippen LogP contribution in [0.4, 0.5) is 4.39 Å². The van der Waals surface area contributed by atoms with E-state index in [2.05, 4.69) is 0 Å². The van der Waals surface area contributed by atoms with Crippen LogP contribution in [0.3, 0.4) is 0 Å². The number of benzene rings is 1. The molecule has 0 bridgehead atoms. The van der Waals surface area contributed by atoms with Gasteiger partial charge in [-0.1, -0.05) is 18.5 Å². The molecule has 0 saturated heterocycles. The average Bonchev–Trinajstić information content (AvgIpc) is 2.15. The van der Waals surface area contributed by atoms with Crippen LogP contribution in [-0.2, 0) is 0 Å². The Balaban J connectivity index is 3.14. The van der Waals surface area contributed by atoms with Crippen LogP contribution in [0, 0.1) is 12.7 Å². The number of hydrogen-bond acceptors (Lipinski definition) is 1. The molecule has 1 atom stereocenters. The van der Waals surface area contributed by atoms with E-state index in [9.17, 15) is 4.39 Å². The van der Waals surface area contributed by atoms with E-state index < -0.39 is 0 Å². The molecule has 1 aromatic rings. The summed E-state index contributed by atoms with van der Waals surface area (Å²) in [6.07, 6.45) is 0.874. The van der Waals surface area contributed by atoms with Crippen LogP contribution in [0.15, 0.2) is 12.1 Å². The van der Waals surface area contributed by atoms with Crippen molar-refractivity contribution in [1.82, 2.24) is 0 Å². The summed E-state index contributed by atoms with van der Waals surface area (Å²) < 4.78 is 13.3. The van der Waals surface area contributed by atoms with Crippen LogP contribution in [0.2, 0.25) is 5.02 Å². The monoisotopic (exact) mass is 215 g/mol. The lowest BCUT2D eigenvalue weighted by molar-refractivity contribution is 0.606. The maximum Gasteiger partial charge on any atom is 0.126 e. The fraction of sp³-hybridized carbons (Fsp3) is 0.455. The highest BCUT2D eigenvalue weighted by Gasteiger charge is 2.13. The van der Waals surface area contributed by atoms with E-state index in [1.165, 1.54) is 6.07 Å². The zero-order valence-corrected chi connectivity index (χ0v) is 9.24. The van der Waals surface area contributed by atoms with E-state index in [0.717, 1.165) is 12.0 Å². The summed E-state index contributed by atoms with van der Waals surface area (Å²) in [5.74, 6) is -0.0612. The van der Waals surface area contributed by atoms with E-state index in [-0.39, 0.29) is 11.7 Å². The van der Waals surface area contributed by atoms with Gasteiger partial charge in [0.15, 0.2) is 0 Å². The highest BCUT2D eigenvalue weighted by Crippen LogP contribution is 2.28. The van der Waals surface area contributed by atoms with Crippen molar-refractivity contribution in [2.45, 2.75) is 26.2 Å². The summed E-state index contributed by atoms with van der Waals surface area (Å²) in [5, 5.41) is 0.612. The minimum Gasteiger partial charge on any atom is -0.330 e. The molecule has 1 unspecified atom stereocenters. The molecule has 3 heteroatoms. The molecule has 1 nitrogen and oxygen atoms in total. The fourth-order valence-electron chi connectivity index (χ4n) is 1.49. The Morgan fingerprint density at radius 1 is 1.50 bits per heavy atom. The summed E-state index contributed by atoms with van der Waals surface area (Å²) in [6.45, 7) is 4.22. The van der Waals surface area contributed by atoms with Crippen molar-refractivity contribution in [2.75, 3.05) is 6.54 Å². The first-order valence-electron chi connectivity index (χ1n) is 4.75. The van der Waals surface area contributed by atoms with Gasteiger partial charge in [-0.25, -0.2) is 4.39 Å². The second-order valence-electron chi connectivity index (χ2n) is 3.46. The van der Waals surface area contributed by atoms with Gasteiger partial charge in [0, 0.05) is 5.02 Å². The van der Waals surface area contributed by atoms with Gasteiger partial charge in [-0.2, -0.15) is 0 Å². The van der Waals surface area contributed by atoms with Crippen LogP contribution in [0.5, 0.6) is 0 Å². The molecule has 0 spiro atoms. The lowest BCUT2D eigenvalue weighted by Crippen LogP contribution is -2.12. The maximum atomic E-state index is 13.3. The predicted molar refractivity (Wildman–Crippen MR) is 58.2 cm³/mol. The van der Waals surface area contributed by atoms with Crippen molar-refractivity contribution in [1.29, 1.82) is 0 Å². The van der Waals surface area contributed by atoms with Crippen LogP contribution in [0.25, 0.3) is 0 Å². The Labute approximate surface area is 89.1 Å². The van der Waals surface area contributed by atoms with Crippen LogP contribution >= 0.6 is 11.6 Å². The van der Waals surface area contributed by atoms with E-state index >= 15 is 0 Å². The molecule has 0 amide bonds. The van der Waals surface area contributed by atoms with Gasteiger partial charge in [-0.05, 0) is 49.1 Å². The van der Waals surface area contributed by atoms with Crippen LogP contribution < -0.4 is 5.73 Å². The van der Waals surface area contributed by atoms with E-state index in [4.69, 9.17) is 17.3 Å². The van der Waals surface area contributed by atoms with Gasteiger partial charge in [-0.3, -0.25) is 0 Å². The molecule has 1 rings (SSSR count). The number of halogens is 2. The molecular weight excluding hydrogens is 201 g/mol. The molecule has 1 aromatic carbocycles. The van der Waals surface area contributed by atoms with Crippen LogP contribution in [-0.4, -0.2) is 6.54 Å². The molecule has 0 fully saturated rings. The first-order chi connectivity index (χ1) is 6.60. The topological polar surface area (TPSA) is 26.0 Å². The van der Waals surface area contributed by atoms with Gasteiger partial charge in [-0.15, -0.1) is 0 Å². The Bertz CT molecular complexity index is 321. The predicted octanol–water partition coefficient (Wildman–Crippen LogP) is 3.24. The van der Waals surface area contributed by atoms with Gasteiger partial charge in [0.2, 0.25) is 0 Å². The second-order valence-corrected chi connectivity index (χ2v) is 3.87. The Hall–Kier alpha value is -0.600. The molecular formula is C11H15ClFN. The average molecular weight is 216 g/mol. The first kappa shape index (κ1) is 11.5. The number of rotatable bonds is 3. The number of nitrogens with two attached hydrogens (primary N) is 1. The van der Waals surface area contributed by atoms with Crippen molar-refractivity contribution in [3.63, 3.8) is 0 Å².